The summed E-state index contributed by atoms with van der Waals surface area (Å²) < 4.78 is 3.51. The predicted molar refractivity (Wildman–Crippen MR) is 73.3 cm³/mol. The molecule has 0 saturated carbocycles. The molecule has 2 aromatic rings. The van der Waals surface area contributed by atoms with Gasteiger partial charge in [0.15, 0.2) is 0 Å². The molecular weight excluding hydrogens is 240 g/mol. The number of aromatic nitrogens is 4. The van der Waals surface area contributed by atoms with Crippen LogP contribution in [0.4, 0.5) is 0 Å². The maximum absolute atomic E-state index is 12.6. The average molecular weight is 260 g/mol. The van der Waals surface area contributed by atoms with Crippen LogP contribution in [0.25, 0.3) is 0 Å². The van der Waals surface area contributed by atoms with Crippen molar-refractivity contribution in [1.82, 2.24) is 19.6 Å². The summed E-state index contributed by atoms with van der Waals surface area (Å²) in [4.78, 5) is 12.6. The third kappa shape index (κ3) is 2.45. The molecule has 0 saturated heterocycles. The van der Waals surface area contributed by atoms with Gasteiger partial charge in [-0.15, -0.1) is 0 Å². The average Bonchev–Trinajstić information content (AvgIpc) is 3.04. The summed E-state index contributed by atoms with van der Waals surface area (Å²) in [6.07, 6.45) is 2.50. The number of ketones is 1. The van der Waals surface area contributed by atoms with Crippen LogP contribution in [0.2, 0.25) is 0 Å². The van der Waals surface area contributed by atoms with Gasteiger partial charge in [0.1, 0.15) is 11.4 Å². The Morgan fingerprint density at radius 3 is 2.63 bits per heavy atom. The lowest BCUT2D eigenvalue weighted by atomic mass is 10.2. The fourth-order valence-corrected chi connectivity index (χ4v) is 2.10. The van der Waals surface area contributed by atoms with Crippen molar-refractivity contribution in [2.45, 2.75) is 46.7 Å². The highest BCUT2D eigenvalue weighted by atomic mass is 16.1. The molecule has 0 N–H and O–H groups in total. The first-order valence-corrected chi connectivity index (χ1v) is 6.73. The first kappa shape index (κ1) is 13.5. The molecule has 0 radical (unpaired) electrons. The largest absolute Gasteiger partial charge is 0.285 e. The van der Waals surface area contributed by atoms with E-state index in [0.717, 1.165) is 12.1 Å². The number of carbonyl (C=O) groups is 1. The van der Waals surface area contributed by atoms with E-state index in [1.54, 1.807) is 21.6 Å². The van der Waals surface area contributed by atoms with Crippen LogP contribution in [0.5, 0.6) is 0 Å². The van der Waals surface area contributed by atoms with E-state index in [2.05, 4.69) is 10.2 Å². The normalized spacial score (nSPS) is 11.2. The Balaban J connectivity index is 2.43. The summed E-state index contributed by atoms with van der Waals surface area (Å²) >= 11 is 0. The SMILES string of the molecule is CCc1cc(C(=O)c2ccnn2C(C)C)n(CC)n1. The Morgan fingerprint density at radius 1 is 1.32 bits per heavy atom. The van der Waals surface area contributed by atoms with Crippen molar-refractivity contribution in [3.63, 3.8) is 0 Å². The van der Waals surface area contributed by atoms with Gasteiger partial charge in [0.05, 0.1) is 5.69 Å². The first-order valence-electron chi connectivity index (χ1n) is 6.73. The van der Waals surface area contributed by atoms with Gasteiger partial charge in [-0.25, -0.2) is 0 Å². The summed E-state index contributed by atoms with van der Waals surface area (Å²) in [5.41, 5.74) is 2.20. The van der Waals surface area contributed by atoms with Crippen molar-refractivity contribution in [3.05, 3.63) is 35.4 Å². The van der Waals surface area contributed by atoms with Gasteiger partial charge in [-0.1, -0.05) is 6.92 Å². The quantitative estimate of drug-likeness (QED) is 0.776. The van der Waals surface area contributed by atoms with Crippen LogP contribution in [0.3, 0.4) is 0 Å². The van der Waals surface area contributed by atoms with E-state index < -0.39 is 0 Å². The lowest BCUT2D eigenvalue weighted by Crippen LogP contribution is -2.16. The molecule has 0 aliphatic carbocycles. The van der Waals surface area contributed by atoms with Gasteiger partial charge in [0.25, 0.3) is 0 Å². The molecule has 0 aromatic carbocycles. The second-order valence-electron chi connectivity index (χ2n) is 4.77. The van der Waals surface area contributed by atoms with Crippen molar-refractivity contribution in [3.8, 4) is 0 Å². The number of aryl methyl sites for hydroxylation is 2. The molecule has 5 nitrogen and oxygen atoms in total. The molecule has 0 unspecified atom stereocenters. The van der Waals surface area contributed by atoms with Crippen molar-refractivity contribution in [2.75, 3.05) is 0 Å². The van der Waals surface area contributed by atoms with E-state index in [9.17, 15) is 4.79 Å². The van der Waals surface area contributed by atoms with Gasteiger partial charge in [-0.05, 0) is 39.3 Å². The van der Waals surface area contributed by atoms with Crippen molar-refractivity contribution in [1.29, 1.82) is 0 Å². The smallest absolute Gasteiger partial charge is 0.229 e. The van der Waals surface area contributed by atoms with Crippen molar-refractivity contribution in [2.24, 2.45) is 0 Å². The van der Waals surface area contributed by atoms with Crippen LogP contribution in [0.15, 0.2) is 18.3 Å². The Hall–Kier alpha value is -1.91. The van der Waals surface area contributed by atoms with Crippen LogP contribution in [-0.2, 0) is 13.0 Å². The topological polar surface area (TPSA) is 52.7 Å². The van der Waals surface area contributed by atoms with Gasteiger partial charge in [0.2, 0.25) is 5.78 Å². The fourth-order valence-electron chi connectivity index (χ4n) is 2.10. The van der Waals surface area contributed by atoms with Gasteiger partial charge < -0.3 is 0 Å². The Labute approximate surface area is 113 Å². The number of carbonyl (C=O) groups excluding carboxylic acids is 1. The third-order valence-electron chi connectivity index (χ3n) is 3.12. The molecule has 0 atom stereocenters. The van der Waals surface area contributed by atoms with Crippen molar-refractivity contribution >= 4 is 5.78 Å². The van der Waals surface area contributed by atoms with E-state index >= 15 is 0 Å². The fraction of sp³-hybridized carbons (Fsp3) is 0.500. The van der Waals surface area contributed by atoms with E-state index in [1.807, 2.05) is 33.8 Å². The minimum atomic E-state index is -0.0137. The summed E-state index contributed by atoms with van der Waals surface area (Å²) in [5, 5.41) is 8.63. The summed E-state index contributed by atoms with van der Waals surface area (Å²) in [6, 6.07) is 3.81. The van der Waals surface area contributed by atoms with Crippen LogP contribution >= 0.6 is 0 Å². The number of rotatable bonds is 5. The van der Waals surface area contributed by atoms with Crippen LogP contribution in [0.1, 0.15) is 55.6 Å². The molecule has 2 heterocycles. The maximum atomic E-state index is 12.6. The van der Waals surface area contributed by atoms with Crippen LogP contribution in [0, 0.1) is 0 Å². The lowest BCUT2D eigenvalue weighted by molar-refractivity contribution is 0.101. The van der Waals surface area contributed by atoms with Gasteiger partial charge >= 0.3 is 0 Å². The Morgan fingerprint density at radius 2 is 2.05 bits per heavy atom. The summed E-state index contributed by atoms with van der Waals surface area (Å²) in [6.45, 7) is 8.74. The van der Waals surface area contributed by atoms with Gasteiger partial charge in [0, 0.05) is 18.8 Å². The molecule has 0 amide bonds. The second-order valence-corrected chi connectivity index (χ2v) is 4.77. The molecule has 0 fully saturated rings. The highest BCUT2D eigenvalue weighted by molar-refractivity contribution is 6.06. The number of hydrogen-bond donors (Lipinski definition) is 0. The summed E-state index contributed by atoms with van der Waals surface area (Å²) in [5.74, 6) is -0.0137. The molecule has 102 valence electrons. The minimum Gasteiger partial charge on any atom is -0.285 e. The Kier molecular flexibility index (Phi) is 3.83. The molecule has 5 heteroatoms. The van der Waals surface area contributed by atoms with Crippen LogP contribution in [-0.4, -0.2) is 25.3 Å². The van der Waals surface area contributed by atoms with Crippen molar-refractivity contribution < 1.29 is 4.79 Å². The highest BCUT2D eigenvalue weighted by Crippen LogP contribution is 2.15. The van der Waals surface area contributed by atoms with E-state index in [-0.39, 0.29) is 11.8 Å². The highest BCUT2D eigenvalue weighted by Gasteiger charge is 2.20. The molecule has 2 aromatic heterocycles. The minimum absolute atomic E-state index is 0.0137. The lowest BCUT2D eigenvalue weighted by Gasteiger charge is -2.10. The molecule has 0 aliphatic rings. The molecule has 0 aliphatic heterocycles. The zero-order valence-corrected chi connectivity index (χ0v) is 11.9. The molecular formula is C14H20N4O. The summed E-state index contributed by atoms with van der Waals surface area (Å²) in [7, 11) is 0. The molecule has 19 heavy (non-hydrogen) atoms. The Bertz CT molecular complexity index is 580. The third-order valence-corrected chi connectivity index (χ3v) is 3.12. The van der Waals surface area contributed by atoms with Crippen LogP contribution < -0.4 is 0 Å². The van der Waals surface area contributed by atoms with Gasteiger partial charge in [-0.2, -0.15) is 10.2 Å². The van der Waals surface area contributed by atoms with E-state index in [4.69, 9.17) is 0 Å². The number of hydrogen-bond acceptors (Lipinski definition) is 3. The predicted octanol–water partition coefficient (Wildman–Crippen LogP) is 2.47. The first-order chi connectivity index (χ1) is 9.08. The second kappa shape index (κ2) is 5.38. The standard InChI is InChI=1S/C14H20N4O/c1-5-11-9-13(17(6-2)16-11)14(19)12-7-8-15-18(12)10(3)4/h7-10H,5-6H2,1-4H3. The van der Waals surface area contributed by atoms with E-state index in [0.29, 0.717) is 17.9 Å². The zero-order valence-electron chi connectivity index (χ0n) is 11.9. The molecule has 0 spiro atoms. The molecule has 0 bridgehead atoms. The zero-order chi connectivity index (χ0) is 14.0. The number of nitrogens with zero attached hydrogens (tertiary/aromatic N) is 4. The van der Waals surface area contributed by atoms with E-state index in [1.165, 1.54) is 0 Å². The van der Waals surface area contributed by atoms with Gasteiger partial charge in [-0.3, -0.25) is 14.2 Å². The molecule has 2 rings (SSSR count). The monoisotopic (exact) mass is 260 g/mol. The maximum Gasteiger partial charge on any atom is 0.229 e.